The monoisotopic (exact) mass is 326 g/mol. The minimum atomic E-state index is -3.56. The van der Waals surface area contributed by atoms with Gasteiger partial charge in [-0.2, -0.15) is 4.31 Å². The van der Waals surface area contributed by atoms with Gasteiger partial charge in [0.1, 0.15) is 13.2 Å². The van der Waals surface area contributed by atoms with Crippen LogP contribution in [0.25, 0.3) is 0 Å². The molecule has 0 amide bonds. The summed E-state index contributed by atoms with van der Waals surface area (Å²) < 4.78 is 38.3. The third-order valence-corrected chi connectivity index (χ3v) is 6.26. The first kappa shape index (κ1) is 15.6. The zero-order chi connectivity index (χ0) is 15.7. The van der Waals surface area contributed by atoms with Gasteiger partial charge in [0.2, 0.25) is 10.0 Å². The molecule has 0 spiro atoms. The number of nitrogens with zero attached hydrogens (tertiary/aromatic N) is 1. The van der Waals surface area contributed by atoms with Crippen LogP contribution >= 0.6 is 0 Å². The van der Waals surface area contributed by atoms with Crippen LogP contribution in [0, 0.1) is 5.92 Å². The molecule has 1 saturated heterocycles. The Morgan fingerprint density at radius 2 is 2.00 bits per heavy atom. The lowest BCUT2D eigenvalue weighted by Gasteiger charge is -2.37. The number of sulfonamides is 1. The third kappa shape index (κ3) is 2.80. The number of fused-ring (bicyclic) bond motifs is 1. The van der Waals surface area contributed by atoms with Crippen molar-refractivity contribution in [3.63, 3.8) is 0 Å². The third-order valence-electron chi connectivity index (χ3n) is 4.32. The fraction of sp³-hybridized carbons (Fsp3) is 0.600. The molecule has 2 N–H and O–H groups in total. The predicted octanol–water partition coefficient (Wildman–Crippen LogP) is 1.21. The Hall–Kier alpha value is -1.31. The average Bonchev–Trinajstić information content (AvgIpc) is 2.54. The maximum atomic E-state index is 12.9. The summed E-state index contributed by atoms with van der Waals surface area (Å²) in [5.74, 6) is 1.58. The van der Waals surface area contributed by atoms with E-state index in [9.17, 15) is 8.42 Å². The molecule has 2 aliphatic heterocycles. The van der Waals surface area contributed by atoms with Crippen molar-refractivity contribution in [2.45, 2.75) is 30.7 Å². The van der Waals surface area contributed by atoms with Gasteiger partial charge in [-0.3, -0.25) is 0 Å². The quantitative estimate of drug-likeness (QED) is 0.903. The number of nitrogens with two attached hydrogens (primary N) is 1. The predicted molar refractivity (Wildman–Crippen MR) is 82.6 cm³/mol. The summed E-state index contributed by atoms with van der Waals surface area (Å²) >= 11 is 0. The molecule has 3 rings (SSSR count). The summed E-state index contributed by atoms with van der Waals surface area (Å²) in [4.78, 5) is 0.241. The number of ether oxygens (including phenoxy) is 2. The van der Waals surface area contributed by atoms with Crippen LogP contribution in [0.3, 0.4) is 0 Å². The van der Waals surface area contributed by atoms with Crippen LogP contribution in [-0.4, -0.2) is 45.1 Å². The van der Waals surface area contributed by atoms with Crippen molar-refractivity contribution in [1.82, 2.24) is 4.31 Å². The molecule has 2 heterocycles. The summed E-state index contributed by atoms with van der Waals surface area (Å²) in [5.41, 5.74) is 5.79. The topological polar surface area (TPSA) is 81.9 Å². The van der Waals surface area contributed by atoms with E-state index in [0.717, 1.165) is 12.8 Å². The summed E-state index contributed by atoms with van der Waals surface area (Å²) in [6.07, 6.45) is 1.67. The molecule has 1 aromatic rings. The highest BCUT2D eigenvalue weighted by molar-refractivity contribution is 7.89. The first-order valence-corrected chi connectivity index (χ1v) is 9.08. The number of rotatable bonds is 3. The molecule has 22 heavy (non-hydrogen) atoms. The van der Waals surface area contributed by atoms with Gasteiger partial charge < -0.3 is 15.2 Å². The number of piperidine rings is 1. The fourth-order valence-corrected chi connectivity index (χ4v) is 4.76. The maximum Gasteiger partial charge on any atom is 0.243 e. The van der Waals surface area contributed by atoms with Crippen LogP contribution in [0.4, 0.5) is 0 Å². The van der Waals surface area contributed by atoms with Crippen molar-refractivity contribution in [3.05, 3.63) is 18.2 Å². The zero-order valence-electron chi connectivity index (χ0n) is 12.7. The molecule has 0 saturated carbocycles. The van der Waals surface area contributed by atoms with Crippen molar-refractivity contribution >= 4 is 10.0 Å². The van der Waals surface area contributed by atoms with Crippen LogP contribution in [-0.2, 0) is 10.0 Å². The molecule has 122 valence electrons. The van der Waals surface area contributed by atoms with Crippen molar-refractivity contribution in [3.8, 4) is 11.5 Å². The smallest absolute Gasteiger partial charge is 0.243 e. The van der Waals surface area contributed by atoms with E-state index in [1.165, 1.54) is 0 Å². The normalized spacial score (nSPS) is 25.9. The first-order chi connectivity index (χ1) is 10.5. The van der Waals surface area contributed by atoms with Gasteiger partial charge in [-0.15, -0.1) is 0 Å². The Balaban J connectivity index is 1.92. The minimum Gasteiger partial charge on any atom is -0.486 e. The summed E-state index contributed by atoms with van der Waals surface area (Å²) in [6, 6.07) is 4.65. The number of benzene rings is 1. The molecule has 0 aliphatic carbocycles. The largest absolute Gasteiger partial charge is 0.486 e. The standard InChI is InChI=1S/C15H22N2O4S/c1-11-4-5-17(12(8-11)10-16)22(18,19)13-2-3-14-15(9-13)21-7-6-20-14/h2-3,9,11-12H,4-8,10,16H2,1H3. The molecule has 1 aromatic carbocycles. The Bertz CT molecular complexity index is 647. The number of hydrogen-bond acceptors (Lipinski definition) is 5. The Morgan fingerprint density at radius 1 is 1.27 bits per heavy atom. The first-order valence-electron chi connectivity index (χ1n) is 7.64. The summed E-state index contributed by atoms with van der Waals surface area (Å²) in [7, 11) is -3.56. The van der Waals surface area contributed by atoms with Crippen molar-refractivity contribution < 1.29 is 17.9 Å². The van der Waals surface area contributed by atoms with E-state index < -0.39 is 10.0 Å². The molecule has 1 fully saturated rings. The van der Waals surface area contributed by atoms with Crippen LogP contribution < -0.4 is 15.2 Å². The Labute approximate surface area is 131 Å². The molecule has 0 radical (unpaired) electrons. The lowest BCUT2D eigenvalue weighted by atomic mass is 9.94. The summed E-state index contributed by atoms with van der Waals surface area (Å²) in [6.45, 7) is 3.91. The van der Waals surface area contributed by atoms with Gasteiger partial charge in [0.25, 0.3) is 0 Å². The van der Waals surface area contributed by atoms with E-state index in [1.54, 1.807) is 22.5 Å². The van der Waals surface area contributed by atoms with Crippen LogP contribution in [0.15, 0.2) is 23.1 Å². The highest BCUT2D eigenvalue weighted by Gasteiger charge is 2.35. The molecule has 6 nitrogen and oxygen atoms in total. The Morgan fingerprint density at radius 3 is 2.73 bits per heavy atom. The highest BCUT2D eigenvalue weighted by Crippen LogP contribution is 2.35. The second kappa shape index (κ2) is 6.06. The van der Waals surface area contributed by atoms with Crippen LogP contribution in [0.2, 0.25) is 0 Å². The minimum absolute atomic E-state index is 0.137. The van der Waals surface area contributed by atoms with Gasteiger partial charge >= 0.3 is 0 Å². The zero-order valence-corrected chi connectivity index (χ0v) is 13.5. The van der Waals surface area contributed by atoms with Gasteiger partial charge in [0.05, 0.1) is 4.90 Å². The lowest BCUT2D eigenvalue weighted by molar-refractivity contribution is 0.171. The molecule has 0 bridgehead atoms. The fourth-order valence-electron chi connectivity index (χ4n) is 3.08. The van der Waals surface area contributed by atoms with E-state index in [-0.39, 0.29) is 10.9 Å². The van der Waals surface area contributed by atoms with Crippen molar-refractivity contribution in [1.29, 1.82) is 0 Å². The van der Waals surface area contributed by atoms with Gasteiger partial charge in [0, 0.05) is 25.2 Å². The molecular formula is C15H22N2O4S. The molecule has 2 unspecified atom stereocenters. The van der Waals surface area contributed by atoms with Crippen molar-refractivity contribution in [2.24, 2.45) is 11.7 Å². The van der Waals surface area contributed by atoms with Gasteiger partial charge in [-0.1, -0.05) is 6.92 Å². The molecule has 7 heteroatoms. The highest BCUT2D eigenvalue weighted by atomic mass is 32.2. The van der Waals surface area contributed by atoms with E-state index >= 15 is 0 Å². The average molecular weight is 326 g/mol. The SMILES string of the molecule is CC1CCN(S(=O)(=O)c2ccc3c(c2)OCCO3)C(CN)C1. The second-order valence-electron chi connectivity index (χ2n) is 5.94. The van der Waals surface area contributed by atoms with E-state index in [0.29, 0.717) is 43.7 Å². The molecule has 0 aromatic heterocycles. The van der Waals surface area contributed by atoms with Gasteiger partial charge in [-0.25, -0.2) is 8.42 Å². The molecular weight excluding hydrogens is 304 g/mol. The number of hydrogen-bond donors (Lipinski definition) is 1. The van der Waals surface area contributed by atoms with E-state index in [1.807, 2.05) is 0 Å². The van der Waals surface area contributed by atoms with Crippen LogP contribution in [0.1, 0.15) is 19.8 Å². The second-order valence-corrected chi connectivity index (χ2v) is 7.83. The Kier molecular flexibility index (Phi) is 4.29. The van der Waals surface area contributed by atoms with Gasteiger partial charge in [0.15, 0.2) is 11.5 Å². The summed E-state index contributed by atoms with van der Waals surface area (Å²) in [5, 5.41) is 0. The van der Waals surface area contributed by atoms with Crippen LogP contribution in [0.5, 0.6) is 11.5 Å². The molecule has 2 atom stereocenters. The molecule has 2 aliphatic rings. The lowest BCUT2D eigenvalue weighted by Crippen LogP contribution is -2.49. The van der Waals surface area contributed by atoms with E-state index in [4.69, 9.17) is 15.2 Å². The van der Waals surface area contributed by atoms with Gasteiger partial charge in [-0.05, 0) is 30.9 Å². The van der Waals surface area contributed by atoms with E-state index in [2.05, 4.69) is 6.92 Å². The maximum absolute atomic E-state index is 12.9. The van der Waals surface area contributed by atoms with Crippen molar-refractivity contribution in [2.75, 3.05) is 26.3 Å².